The SMILES string of the molecule is CC(NCC1CC(O)C1)c1cnn(-c2ccccc2)c1. The lowest BCUT2D eigenvalue weighted by atomic mass is 9.82. The standard InChI is InChI=1S/C16H21N3O/c1-12(17-9-13-7-16(20)8-13)14-10-18-19(11-14)15-5-3-2-4-6-15/h2-6,10-13,16-17,20H,7-9H2,1H3. The normalized spacial score (nSPS) is 23.3. The highest BCUT2D eigenvalue weighted by Crippen LogP contribution is 2.27. The molecule has 1 unspecified atom stereocenters. The van der Waals surface area contributed by atoms with Crippen molar-refractivity contribution in [2.24, 2.45) is 5.92 Å². The predicted octanol–water partition coefficient (Wildman–Crippen LogP) is 2.29. The number of aliphatic hydroxyl groups excluding tert-OH is 1. The summed E-state index contributed by atoms with van der Waals surface area (Å²) < 4.78 is 1.90. The van der Waals surface area contributed by atoms with Gasteiger partial charge in [0.05, 0.1) is 18.0 Å². The second-order valence-corrected chi connectivity index (χ2v) is 5.67. The largest absolute Gasteiger partial charge is 0.393 e. The minimum absolute atomic E-state index is 0.0714. The van der Waals surface area contributed by atoms with E-state index in [1.165, 1.54) is 5.56 Å². The van der Waals surface area contributed by atoms with Gasteiger partial charge in [-0.05, 0) is 44.4 Å². The number of hydrogen-bond donors (Lipinski definition) is 2. The number of nitrogens with one attached hydrogen (secondary N) is 1. The third-order valence-electron chi connectivity index (χ3n) is 4.05. The second kappa shape index (κ2) is 5.77. The Hall–Kier alpha value is -1.65. The molecule has 1 atom stereocenters. The molecule has 1 aromatic carbocycles. The average molecular weight is 271 g/mol. The molecule has 0 amide bonds. The van der Waals surface area contributed by atoms with Crippen LogP contribution in [0.15, 0.2) is 42.7 Å². The molecule has 4 nitrogen and oxygen atoms in total. The minimum Gasteiger partial charge on any atom is -0.393 e. The van der Waals surface area contributed by atoms with Gasteiger partial charge in [-0.2, -0.15) is 5.10 Å². The van der Waals surface area contributed by atoms with E-state index < -0.39 is 0 Å². The molecule has 2 N–H and O–H groups in total. The predicted molar refractivity (Wildman–Crippen MR) is 78.7 cm³/mol. The summed E-state index contributed by atoms with van der Waals surface area (Å²) >= 11 is 0. The van der Waals surface area contributed by atoms with Crippen LogP contribution in [0.3, 0.4) is 0 Å². The van der Waals surface area contributed by atoms with Gasteiger partial charge in [-0.3, -0.25) is 0 Å². The zero-order valence-corrected chi connectivity index (χ0v) is 11.7. The summed E-state index contributed by atoms with van der Waals surface area (Å²) in [6, 6.07) is 10.4. The highest BCUT2D eigenvalue weighted by molar-refractivity contribution is 5.31. The first kappa shape index (κ1) is 13.3. The third-order valence-corrected chi connectivity index (χ3v) is 4.05. The van der Waals surface area contributed by atoms with Gasteiger partial charge in [0.1, 0.15) is 0 Å². The molecule has 1 saturated carbocycles. The van der Waals surface area contributed by atoms with Crippen molar-refractivity contribution in [2.75, 3.05) is 6.54 Å². The summed E-state index contributed by atoms with van der Waals surface area (Å²) in [5, 5.41) is 17.2. The Balaban J connectivity index is 1.58. The zero-order chi connectivity index (χ0) is 13.9. The molecule has 1 aromatic heterocycles. The van der Waals surface area contributed by atoms with Gasteiger partial charge in [0.25, 0.3) is 0 Å². The maximum atomic E-state index is 9.29. The number of para-hydroxylation sites is 1. The summed E-state index contributed by atoms with van der Waals surface area (Å²) in [5.41, 5.74) is 2.27. The Kier molecular flexibility index (Phi) is 3.85. The molecule has 1 aliphatic rings. The number of rotatable bonds is 5. The topological polar surface area (TPSA) is 50.1 Å². The summed E-state index contributed by atoms with van der Waals surface area (Å²) in [7, 11) is 0. The summed E-state index contributed by atoms with van der Waals surface area (Å²) in [5.74, 6) is 0.622. The molecule has 1 heterocycles. The number of benzene rings is 1. The second-order valence-electron chi connectivity index (χ2n) is 5.67. The monoisotopic (exact) mass is 271 g/mol. The van der Waals surface area contributed by atoms with Gasteiger partial charge < -0.3 is 10.4 Å². The third kappa shape index (κ3) is 2.92. The molecule has 0 bridgehead atoms. The van der Waals surface area contributed by atoms with Crippen molar-refractivity contribution in [3.63, 3.8) is 0 Å². The van der Waals surface area contributed by atoms with Crippen LogP contribution >= 0.6 is 0 Å². The first-order valence-corrected chi connectivity index (χ1v) is 7.24. The van der Waals surface area contributed by atoms with Gasteiger partial charge in [-0.15, -0.1) is 0 Å². The molecule has 0 radical (unpaired) electrons. The van der Waals surface area contributed by atoms with Gasteiger partial charge in [-0.25, -0.2) is 4.68 Å². The molecule has 2 aromatic rings. The molecule has 1 aliphatic carbocycles. The van der Waals surface area contributed by atoms with E-state index in [-0.39, 0.29) is 12.1 Å². The van der Waals surface area contributed by atoms with Crippen LogP contribution in [0.25, 0.3) is 5.69 Å². The van der Waals surface area contributed by atoms with Gasteiger partial charge in [0.15, 0.2) is 0 Å². The lowest BCUT2D eigenvalue weighted by Gasteiger charge is -2.32. The van der Waals surface area contributed by atoms with Gasteiger partial charge in [-0.1, -0.05) is 18.2 Å². The van der Waals surface area contributed by atoms with E-state index in [2.05, 4.69) is 23.5 Å². The average Bonchev–Trinajstić information content (AvgIpc) is 2.93. The van der Waals surface area contributed by atoms with Crippen LogP contribution < -0.4 is 5.32 Å². The molecular formula is C16H21N3O. The Morgan fingerprint density at radius 3 is 2.80 bits per heavy atom. The number of aliphatic hydroxyl groups is 1. The van der Waals surface area contributed by atoms with E-state index in [9.17, 15) is 5.11 Å². The maximum absolute atomic E-state index is 9.29. The van der Waals surface area contributed by atoms with Crippen molar-refractivity contribution in [1.82, 2.24) is 15.1 Å². The fourth-order valence-electron chi connectivity index (χ4n) is 2.61. The first-order valence-electron chi connectivity index (χ1n) is 7.24. The van der Waals surface area contributed by atoms with E-state index in [1.807, 2.05) is 41.2 Å². The maximum Gasteiger partial charge on any atom is 0.0645 e. The smallest absolute Gasteiger partial charge is 0.0645 e. The lowest BCUT2D eigenvalue weighted by molar-refractivity contribution is 0.0420. The van der Waals surface area contributed by atoms with Gasteiger partial charge >= 0.3 is 0 Å². The van der Waals surface area contributed by atoms with Crippen LogP contribution in [0.2, 0.25) is 0 Å². The Morgan fingerprint density at radius 1 is 1.35 bits per heavy atom. The van der Waals surface area contributed by atoms with Crippen molar-refractivity contribution in [3.8, 4) is 5.69 Å². The molecule has 3 rings (SSSR count). The molecule has 0 aliphatic heterocycles. The van der Waals surface area contributed by atoms with Crippen molar-refractivity contribution in [3.05, 3.63) is 48.3 Å². The minimum atomic E-state index is -0.0714. The van der Waals surface area contributed by atoms with Crippen LogP contribution in [0.1, 0.15) is 31.4 Å². The summed E-state index contributed by atoms with van der Waals surface area (Å²) in [4.78, 5) is 0. The van der Waals surface area contributed by atoms with E-state index >= 15 is 0 Å². The molecular weight excluding hydrogens is 250 g/mol. The molecule has 1 fully saturated rings. The van der Waals surface area contributed by atoms with Crippen molar-refractivity contribution in [2.45, 2.75) is 31.9 Å². The van der Waals surface area contributed by atoms with E-state index in [0.717, 1.165) is 25.1 Å². The van der Waals surface area contributed by atoms with Crippen LogP contribution in [0, 0.1) is 5.92 Å². The van der Waals surface area contributed by atoms with Crippen molar-refractivity contribution in [1.29, 1.82) is 0 Å². The Bertz CT molecular complexity index is 546. The van der Waals surface area contributed by atoms with Crippen molar-refractivity contribution < 1.29 is 5.11 Å². The molecule has 4 heteroatoms. The number of hydrogen-bond acceptors (Lipinski definition) is 3. The number of nitrogens with zero attached hydrogens (tertiary/aromatic N) is 2. The quantitative estimate of drug-likeness (QED) is 0.877. The summed E-state index contributed by atoms with van der Waals surface area (Å²) in [6.45, 7) is 3.12. The van der Waals surface area contributed by atoms with Gasteiger partial charge in [0.2, 0.25) is 0 Å². The fourth-order valence-corrected chi connectivity index (χ4v) is 2.61. The highest BCUT2D eigenvalue weighted by atomic mass is 16.3. The Morgan fingerprint density at radius 2 is 2.10 bits per heavy atom. The van der Waals surface area contributed by atoms with Crippen molar-refractivity contribution >= 4 is 0 Å². The highest BCUT2D eigenvalue weighted by Gasteiger charge is 2.27. The van der Waals surface area contributed by atoms with E-state index in [0.29, 0.717) is 5.92 Å². The van der Waals surface area contributed by atoms with Crippen LogP contribution in [-0.2, 0) is 0 Å². The molecule has 0 saturated heterocycles. The lowest BCUT2D eigenvalue weighted by Crippen LogP contribution is -2.36. The summed E-state index contributed by atoms with van der Waals surface area (Å²) in [6.07, 6.45) is 5.78. The van der Waals surface area contributed by atoms with Gasteiger partial charge in [0, 0.05) is 17.8 Å². The number of aromatic nitrogens is 2. The zero-order valence-electron chi connectivity index (χ0n) is 11.7. The molecule has 20 heavy (non-hydrogen) atoms. The fraction of sp³-hybridized carbons (Fsp3) is 0.438. The Labute approximate surface area is 119 Å². The van der Waals surface area contributed by atoms with Crippen LogP contribution in [0.5, 0.6) is 0 Å². The molecule has 106 valence electrons. The van der Waals surface area contributed by atoms with Crippen LogP contribution in [-0.4, -0.2) is 27.5 Å². The molecule has 0 spiro atoms. The van der Waals surface area contributed by atoms with E-state index in [4.69, 9.17) is 0 Å². The van der Waals surface area contributed by atoms with E-state index in [1.54, 1.807) is 0 Å². The van der Waals surface area contributed by atoms with Crippen LogP contribution in [0.4, 0.5) is 0 Å². The first-order chi connectivity index (χ1) is 9.72.